The lowest BCUT2D eigenvalue weighted by Gasteiger charge is -2.19. The highest BCUT2D eigenvalue weighted by atomic mass is 16.6. The first-order valence-corrected chi connectivity index (χ1v) is 8.47. The molecule has 0 N–H and O–H groups in total. The van der Waals surface area contributed by atoms with E-state index in [0.717, 1.165) is 16.0 Å². The van der Waals surface area contributed by atoms with Crippen LogP contribution in [0.3, 0.4) is 0 Å². The molecule has 0 unspecified atom stereocenters. The standard InChI is InChI=1S/C20H19NO6/c22-18(25-12-15-7-3-1-4-8-15)11-17-19(23)27-14-21(17)20(24)26-13-16-9-5-2-6-10-16/h1-10,17H,11-14H2/t17-/m1/s1. The van der Waals surface area contributed by atoms with E-state index in [9.17, 15) is 14.4 Å². The SMILES string of the molecule is O=C(C[C@@H]1C(=O)OCN1C(=O)OCc1ccccc1)OCc1ccccc1. The molecule has 2 aromatic carbocycles. The third kappa shape index (κ3) is 5.07. The van der Waals surface area contributed by atoms with Gasteiger partial charge in [-0.25, -0.2) is 9.59 Å². The van der Waals surface area contributed by atoms with E-state index in [4.69, 9.17) is 14.2 Å². The average molecular weight is 369 g/mol. The second-order valence-electron chi connectivity index (χ2n) is 5.97. The fraction of sp³-hybridized carbons (Fsp3) is 0.250. The smallest absolute Gasteiger partial charge is 0.413 e. The van der Waals surface area contributed by atoms with Crippen LogP contribution in [0.2, 0.25) is 0 Å². The summed E-state index contributed by atoms with van der Waals surface area (Å²) < 4.78 is 15.3. The van der Waals surface area contributed by atoms with Crippen LogP contribution in [0.1, 0.15) is 17.5 Å². The number of ether oxygens (including phenoxy) is 3. The highest BCUT2D eigenvalue weighted by Gasteiger charge is 2.40. The first-order chi connectivity index (χ1) is 13.1. The molecule has 1 aliphatic rings. The molecule has 1 heterocycles. The maximum Gasteiger partial charge on any atom is 0.413 e. The third-order valence-corrected chi connectivity index (χ3v) is 4.04. The minimum absolute atomic E-state index is 0.0650. The van der Waals surface area contributed by atoms with Crippen LogP contribution in [0.25, 0.3) is 0 Å². The van der Waals surface area contributed by atoms with Crippen molar-refractivity contribution in [1.82, 2.24) is 4.90 Å². The van der Waals surface area contributed by atoms with Crippen molar-refractivity contribution in [2.75, 3.05) is 6.73 Å². The molecule has 0 aromatic heterocycles. The highest BCUT2D eigenvalue weighted by Crippen LogP contribution is 2.18. The molecular weight excluding hydrogens is 350 g/mol. The van der Waals surface area contributed by atoms with Gasteiger partial charge in [-0.1, -0.05) is 60.7 Å². The molecule has 0 radical (unpaired) electrons. The largest absolute Gasteiger partial charge is 0.461 e. The zero-order chi connectivity index (χ0) is 19.1. The van der Waals surface area contributed by atoms with Crippen molar-refractivity contribution < 1.29 is 28.6 Å². The molecule has 7 heteroatoms. The van der Waals surface area contributed by atoms with E-state index in [1.165, 1.54) is 0 Å². The second kappa shape index (κ2) is 8.84. The third-order valence-electron chi connectivity index (χ3n) is 4.04. The Labute approximate surface area is 156 Å². The number of nitrogens with zero attached hydrogens (tertiary/aromatic N) is 1. The number of carbonyl (C=O) groups is 3. The number of hydrogen-bond donors (Lipinski definition) is 0. The second-order valence-corrected chi connectivity index (χ2v) is 5.97. The average Bonchev–Trinajstić information content (AvgIpc) is 3.06. The molecule has 140 valence electrons. The Balaban J connectivity index is 1.52. The minimum Gasteiger partial charge on any atom is -0.461 e. The molecule has 0 saturated carbocycles. The topological polar surface area (TPSA) is 82.1 Å². The first kappa shape index (κ1) is 18.4. The molecule has 1 aliphatic heterocycles. The van der Waals surface area contributed by atoms with Gasteiger partial charge >= 0.3 is 18.0 Å². The summed E-state index contributed by atoms with van der Waals surface area (Å²) in [6.07, 6.45) is -1.00. The van der Waals surface area contributed by atoms with Crippen molar-refractivity contribution in [3.63, 3.8) is 0 Å². The predicted molar refractivity (Wildman–Crippen MR) is 94.1 cm³/mol. The zero-order valence-corrected chi connectivity index (χ0v) is 14.6. The maximum atomic E-state index is 12.3. The van der Waals surface area contributed by atoms with Gasteiger partial charge in [0.2, 0.25) is 0 Å². The lowest BCUT2D eigenvalue weighted by atomic mass is 10.2. The summed E-state index contributed by atoms with van der Waals surface area (Å²) in [5.74, 6) is -1.24. The predicted octanol–water partition coefficient (Wildman–Crippen LogP) is 2.64. The number of cyclic esters (lactones) is 1. The molecule has 0 bridgehead atoms. The van der Waals surface area contributed by atoms with Crippen molar-refractivity contribution in [3.05, 3.63) is 71.8 Å². The number of rotatable bonds is 6. The van der Waals surface area contributed by atoms with E-state index < -0.39 is 24.1 Å². The molecule has 0 aliphatic carbocycles. The number of benzene rings is 2. The van der Waals surface area contributed by atoms with Crippen LogP contribution in [0.4, 0.5) is 4.79 Å². The van der Waals surface area contributed by atoms with Gasteiger partial charge in [-0.15, -0.1) is 0 Å². The van der Waals surface area contributed by atoms with E-state index >= 15 is 0 Å². The first-order valence-electron chi connectivity index (χ1n) is 8.47. The van der Waals surface area contributed by atoms with Crippen LogP contribution < -0.4 is 0 Å². The van der Waals surface area contributed by atoms with Gasteiger partial charge < -0.3 is 14.2 Å². The van der Waals surface area contributed by atoms with Gasteiger partial charge in [0.1, 0.15) is 19.3 Å². The number of esters is 2. The summed E-state index contributed by atoms with van der Waals surface area (Å²) in [4.78, 5) is 37.3. The lowest BCUT2D eigenvalue weighted by molar-refractivity contribution is -0.149. The van der Waals surface area contributed by atoms with Crippen LogP contribution in [0.15, 0.2) is 60.7 Å². The summed E-state index contributed by atoms with van der Waals surface area (Å²) in [5, 5.41) is 0. The van der Waals surface area contributed by atoms with Crippen LogP contribution >= 0.6 is 0 Å². The van der Waals surface area contributed by atoms with Crippen molar-refractivity contribution in [2.24, 2.45) is 0 Å². The lowest BCUT2D eigenvalue weighted by Crippen LogP contribution is -2.40. The number of hydrogen-bond acceptors (Lipinski definition) is 6. The fourth-order valence-electron chi connectivity index (χ4n) is 2.58. The van der Waals surface area contributed by atoms with Gasteiger partial charge in [0.15, 0.2) is 6.73 Å². The van der Waals surface area contributed by atoms with E-state index in [2.05, 4.69) is 0 Å². The summed E-state index contributed by atoms with van der Waals surface area (Å²) in [7, 11) is 0. The van der Waals surface area contributed by atoms with Gasteiger partial charge in [-0.2, -0.15) is 0 Å². The molecule has 1 saturated heterocycles. The van der Waals surface area contributed by atoms with Crippen molar-refractivity contribution in [3.8, 4) is 0 Å². The maximum absolute atomic E-state index is 12.3. The Morgan fingerprint density at radius 1 is 0.926 bits per heavy atom. The fourth-order valence-corrected chi connectivity index (χ4v) is 2.58. The number of carbonyl (C=O) groups excluding carboxylic acids is 3. The van der Waals surface area contributed by atoms with Crippen molar-refractivity contribution in [2.45, 2.75) is 25.7 Å². The Morgan fingerprint density at radius 2 is 1.48 bits per heavy atom. The van der Waals surface area contributed by atoms with Crippen LogP contribution in [0.5, 0.6) is 0 Å². The van der Waals surface area contributed by atoms with Gasteiger partial charge in [0.05, 0.1) is 6.42 Å². The molecule has 2 aromatic rings. The molecule has 7 nitrogen and oxygen atoms in total. The van der Waals surface area contributed by atoms with E-state index in [-0.39, 0.29) is 26.4 Å². The minimum atomic E-state index is -1.04. The van der Waals surface area contributed by atoms with Crippen molar-refractivity contribution >= 4 is 18.0 Å². The van der Waals surface area contributed by atoms with Crippen molar-refractivity contribution in [1.29, 1.82) is 0 Å². The molecule has 1 atom stereocenters. The van der Waals surface area contributed by atoms with E-state index in [1.54, 1.807) is 0 Å². The van der Waals surface area contributed by atoms with Crippen LogP contribution in [-0.2, 0) is 37.0 Å². The summed E-state index contributed by atoms with van der Waals surface area (Å²) in [5.41, 5.74) is 1.65. The zero-order valence-electron chi connectivity index (χ0n) is 14.6. The van der Waals surface area contributed by atoms with Gasteiger partial charge in [0.25, 0.3) is 0 Å². The quantitative estimate of drug-likeness (QED) is 0.575. The Morgan fingerprint density at radius 3 is 2.07 bits per heavy atom. The molecular formula is C20H19NO6. The summed E-state index contributed by atoms with van der Waals surface area (Å²) >= 11 is 0. The molecule has 27 heavy (non-hydrogen) atoms. The Bertz CT molecular complexity index is 793. The van der Waals surface area contributed by atoms with Crippen LogP contribution in [0, 0.1) is 0 Å². The highest BCUT2D eigenvalue weighted by molar-refractivity contribution is 5.88. The van der Waals surface area contributed by atoms with E-state index in [0.29, 0.717) is 0 Å². The monoisotopic (exact) mass is 369 g/mol. The number of amides is 1. The normalized spacial score (nSPS) is 15.9. The molecule has 3 rings (SSSR count). The Kier molecular flexibility index (Phi) is 6.04. The summed E-state index contributed by atoms with van der Waals surface area (Å²) in [6.45, 7) is -0.0848. The van der Waals surface area contributed by atoms with E-state index in [1.807, 2.05) is 60.7 Å². The van der Waals surface area contributed by atoms with Crippen LogP contribution in [-0.4, -0.2) is 35.7 Å². The van der Waals surface area contributed by atoms with Gasteiger partial charge in [0, 0.05) is 0 Å². The van der Waals surface area contributed by atoms with Gasteiger partial charge in [-0.05, 0) is 11.1 Å². The molecule has 1 fully saturated rings. The molecule has 0 spiro atoms. The van der Waals surface area contributed by atoms with Gasteiger partial charge in [-0.3, -0.25) is 9.69 Å². The molecule has 1 amide bonds. The Hall–Kier alpha value is -3.35. The summed E-state index contributed by atoms with van der Waals surface area (Å²) in [6, 6.07) is 17.3.